The van der Waals surface area contributed by atoms with Gasteiger partial charge in [-0.25, -0.2) is 20.0 Å². The Morgan fingerprint density at radius 3 is 0.857 bits per heavy atom. The van der Waals surface area contributed by atoms with E-state index in [0.717, 1.165) is 0 Å². The van der Waals surface area contributed by atoms with E-state index in [4.69, 9.17) is 10.5 Å². The fourth-order valence-corrected chi connectivity index (χ4v) is 5.71. The summed E-state index contributed by atoms with van der Waals surface area (Å²) in [5.41, 5.74) is 2.62. The molecule has 49 heavy (non-hydrogen) atoms. The van der Waals surface area contributed by atoms with Crippen molar-refractivity contribution >= 4 is 46.4 Å². The van der Waals surface area contributed by atoms with Crippen LogP contribution in [0.2, 0.25) is 0 Å². The average molecular weight is 745 g/mol. The van der Waals surface area contributed by atoms with Gasteiger partial charge in [0.05, 0.1) is 34.9 Å². The standard InChI is InChI=1S/2C19H17N3O2.Pd/c2*20-14-8-7-13-17-18(23)21(15-9-3-1-4-10-15)22(19(17)24)16-11-5-2-6-12-16;/h2*1-6,9-12,17H,7-8,13H2;. The van der Waals surface area contributed by atoms with Crippen LogP contribution < -0.4 is 20.0 Å². The number of hydrogen-bond donors (Lipinski definition) is 0. The van der Waals surface area contributed by atoms with Gasteiger partial charge < -0.3 is 0 Å². The summed E-state index contributed by atoms with van der Waals surface area (Å²) >= 11 is 0. The summed E-state index contributed by atoms with van der Waals surface area (Å²) in [6.45, 7) is 0. The van der Waals surface area contributed by atoms with Gasteiger partial charge in [0.15, 0.2) is 0 Å². The monoisotopic (exact) mass is 744 g/mol. The third kappa shape index (κ3) is 8.11. The molecule has 2 aliphatic rings. The van der Waals surface area contributed by atoms with E-state index in [0.29, 0.717) is 61.3 Å². The summed E-state index contributed by atoms with van der Waals surface area (Å²) in [5.74, 6) is -2.44. The predicted molar refractivity (Wildman–Crippen MR) is 182 cm³/mol. The number of amides is 4. The van der Waals surface area contributed by atoms with Crippen LogP contribution >= 0.6 is 0 Å². The number of benzene rings is 4. The Balaban J connectivity index is 0.000000216. The van der Waals surface area contributed by atoms with E-state index in [9.17, 15) is 19.2 Å². The van der Waals surface area contributed by atoms with Gasteiger partial charge in [-0.2, -0.15) is 10.5 Å². The molecule has 0 unspecified atom stereocenters. The third-order valence-corrected chi connectivity index (χ3v) is 7.99. The van der Waals surface area contributed by atoms with Crippen LogP contribution in [0, 0.1) is 34.5 Å². The molecule has 0 N–H and O–H groups in total. The minimum atomic E-state index is -0.737. The molecule has 0 bridgehead atoms. The number of carbonyl (C=O) groups is 4. The summed E-state index contributed by atoms with van der Waals surface area (Å²) < 4.78 is 0. The van der Waals surface area contributed by atoms with Crippen LogP contribution in [-0.2, 0) is 39.6 Å². The summed E-state index contributed by atoms with van der Waals surface area (Å²) in [7, 11) is 0. The van der Waals surface area contributed by atoms with Crippen molar-refractivity contribution in [1.29, 1.82) is 10.5 Å². The number of rotatable bonds is 10. The van der Waals surface area contributed by atoms with Gasteiger partial charge in [0.1, 0.15) is 11.8 Å². The first-order chi connectivity index (χ1) is 23.5. The first-order valence-electron chi connectivity index (χ1n) is 15.8. The smallest absolute Gasteiger partial charge is 0.258 e. The number of carbonyl (C=O) groups excluding carboxylic acids is 4. The van der Waals surface area contributed by atoms with Gasteiger partial charge in [0.25, 0.3) is 23.6 Å². The molecule has 4 amide bonds. The van der Waals surface area contributed by atoms with Crippen LogP contribution in [0.5, 0.6) is 0 Å². The molecule has 4 aromatic rings. The van der Waals surface area contributed by atoms with Crippen molar-refractivity contribution in [2.75, 3.05) is 20.0 Å². The molecule has 0 atom stereocenters. The molecule has 11 heteroatoms. The Hall–Kier alpha value is -5.60. The van der Waals surface area contributed by atoms with E-state index >= 15 is 0 Å². The molecule has 0 saturated carbocycles. The maximum atomic E-state index is 12.9. The fraction of sp³-hybridized carbons (Fsp3) is 0.211. The second kappa shape index (κ2) is 17.5. The normalized spacial score (nSPS) is 14.7. The molecule has 6 rings (SSSR count). The first-order valence-corrected chi connectivity index (χ1v) is 15.8. The number of hydrogen-bond acceptors (Lipinski definition) is 6. The Morgan fingerprint density at radius 1 is 0.429 bits per heavy atom. The molecule has 2 fully saturated rings. The number of hydrazine groups is 2. The molecule has 0 aromatic heterocycles. The maximum Gasteiger partial charge on any atom is 0.258 e. The van der Waals surface area contributed by atoms with Gasteiger partial charge in [0, 0.05) is 33.3 Å². The first kappa shape index (κ1) is 36.2. The Labute approximate surface area is 299 Å². The molecule has 0 spiro atoms. The van der Waals surface area contributed by atoms with Gasteiger partial charge in [-0.3, -0.25) is 19.2 Å². The van der Waals surface area contributed by atoms with Crippen LogP contribution in [0.3, 0.4) is 0 Å². The molecule has 2 heterocycles. The quantitative estimate of drug-likeness (QED) is 0.103. The van der Waals surface area contributed by atoms with Gasteiger partial charge >= 0.3 is 0 Å². The number of nitriles is 2. The minimum absolute atomic E-state index is 0. The summed E-state index contributed by atoms with van der Waals surface area (Å²) in [5, 5.41) is 23.1. The Morgan fingerprint density at radius 2 is 0.653 bits per heavy atom. The topological polar surface area (TPSA) is 129 Å². The Bertz CT molecular complexity index is 1560. The van der Waals surface area contributed by atoms with Crippen molar-refractivity contribution in [3.8, 4) is 12.1 Å². The minimum Gasteiger partial charge on any atom is -0.272 e. The van der Waals surface area contributed by atoms with E-state index in [1.807, 2.05) is 72.8 Å². The van der Waals surface area contributed by atoms with E-state index < -0.39 is 11.8 Å². The zero-order chi connectivity index (χ0) is 33.9. The van der Waals surface area contributed by atoms with Crippen LogP contribution in [0.4, 0.5) is 22.7 Å². The van der Waals surface area contributed by atoms with Crippen molar-refractivity contribution in [3.05, 3.63) is 121 Å². The van der Waals surface area contributed by atoms with Gasteiger partial charge in [-0.15, -0.1) is 0 Å². The fourth-order valence-electron chi connectivity index (χ4n) is 5.71. The summed E-state index contributed by atoms with van der Waals surface area (Å²) in [4.78, 5) is 51.5. The number of nitrogens with zero attached hydrogens (tertiary/aromatic N) is 6. The van der Waals surface area contributed by atoms with E-state index in [1.165, 1.54) is 20.0 Å². The molecule has 250 valence electrons. The number of unbranched alkanes of at least 4 members (excludes halogenated alkanes) is 2. The van der Waals surface area contributed by atoms with E-state index in [1.54, 1.807) is 48.5 Å². The van der Waals surface area contributed by atoms with Crippen LogP contribution in [0.15, 0.2) is 121 Å². The van der Waals surface area contributed by atoms with E-state index in [2.05, 4.69) is 12.1 Å². The van der Waals surface area contributed by atoms with Gasteiger partial charge in [-0.1, -0.05) is 72.8 Å². The molecule has 2 aliphatic heterocycles. The van der Waals surface area contributed by atoms with Crippen molar-refractivity contribution in [2.45, 2.75) is 38.5 Å². The molecule has 2 saturated heterocycles. The summed E-state index contributed by atoms with van der Waals surface area (Å²) in [6, 6.07) is 40.7. The van der Waals surface area contributed by atoms with Gasteiger partial charge in [-0.05, 0) is 74.2 Å². The molecule has 0 radical (unpaired) electrons. The number of para-hydroxylation sites is 4. The van der Waals surface area contributed by atoms with Crippen LogP contribution in [0.25, 0.3) is 0 Å². The maximum absolute atomic E-state index is 12.9. The van der Waals surface area contributed by atoms with Crippen molar-refractivity contribution in [3.63, 3.8) is 0 Å². The Kier molecular flexibility index (Phi) is 13.0. The third-order valence-electron chi connectivity index (χ3n) is 7.99. The second-order valence-corrected chi connectivity index (χ2v) is 11.1. The van der Waals surface area contributed by atoms with Crippen molar-refractivity contribution in [1.82, 2.24) is 0 Å². The summed E-state index contributed by atoms with van der Waals surface area (Å²) in [6.07, 6.45) is 2.52. The average Bonchev–Trinajstić information content (AvgIpc) is 3.53. The second-order valence-electron chi connectivity index (χ2n) is 11.1. The molecular formula is C38H34N6O4Pd. The van der Waals surface area contributed by atoms with Crippen LogP contribution in [0.1, 0.15) is 38.5 Å². The largest absolute Gasteiger partial charge is 0.272 e. The zero-order valence-electron chi connectivity index (χ0n) is 26.6. The number of anilines is 4. The van der Waals surface area contributed by atoms with Crippen molar-refractivity contribution in [2.24, 2.45) is 11.8 Å². The van der Waals surface area contributed by atoms with Gasteiger partial charge in [0.2, 0.25) is 0 Å². The molecule has 4 aromatic carbocycles. The van der Waals surface area contributed by atoms with Crippen LogP contribution in [-0.4, -0.2) is 23.6 Å². The molecule has 0 aliphatic carbocycles. The molecular weight excluding hydrogens is 711 g/mol. The SMILES string of the molecule is N#CCCCC1C(=O)N(c2ccccc2)N(c2ccccc2)C1=O.N#CCCCC1C(=O)N(c2ccccc2)N(c2ccccc2)C1=O.[Pd]. The predicted octanol–water partition coefficient (Wildman–Crippen LogP) is 6.58. The zero-order valence-corrected chi connectivity index (χ0v) is 28.1. The van der Waals surface area contributed by atoms with Crippen molar-refractivity contribution < 1.29 is 39.6 Å². The molecule has 10 nitrogen and oxygen atoms in total. The van der Waals surface area contributed by atoms with E-state index in [-0.39, 0.29) is 44.1 Å².